The molecule has 0 aromatic carbocycles. The quantitative estimate of drug-likeness (QED) is 0.135. The summed E-state index contributed by atoms with van der Waals surface area (Å²) in [5.41, 5.74) is 6.82. The number of H-pyrrole nitrogens is 1. The zero-order chi connectivity index (χ0) is 31.5. The first kappa shape index (κ1) is 31.9. The highest BCUT2D eigenvalue weighted by Crippen LogP contribution is 2.61. The molecular formula is C17H20N8O14P3S-3. The Balaban J connectivity index is 1.39. The number of nitrogens with two attached hydrogens (primary N) is 1. The zero-order valence-corrected chi connectivity index (χ0v) is 25.1. The van der Waals surface area contributed by atoms with Crippen LogP contribution in [0.1, 0.15) is 11.9 Å². The highest BCUT2D eigenvalue weighted by molar-refractivity contribution is 7.71. The number of phosphoric ester groups is 1. The van der Waals surface area contributed by atoms with Gasteiger partial charge in [0.15, 0.2) is 16.8 Å². The lowest BCUT2D eigenvalue weighted by molar-refractivity contribution is -0.250. The van der Waals surface area contributed by atoms with Crippen LogP contribution in [0.2, 0.25) is 0 Å². The van der Waals surface area contributed by atoms with Gasteiger partial charge in [0.05, 0.1) is 18.6 Å². The number of nitrogens with zero attached hydrogens (tertiary/aromatic N) is 5. The third-order valence-corrected chi connectivity index (χ3v) is 9.83. The van der Waals surface area contributed by atoms with Crippen molar-refractivity contribution in [1.82, 2.24) is 29.3 Å². The molecule has 2 aliphatic rings. The van der Waals surface area contributed by atoms with Gasteiger partial charge in [-0.15, -0.1) is 0 Å². The molecule has 8 atom stereocenters. The van der Waals surface area contributed by atoms with E-state index >= 15 is 0 Å². The highest BCUT2D eigenvalue weighted by Gasteiger charge is 2.55. The maximum absolute atomic E-state index is 13.0. The van der Waals surface area contributed by atoms with Gasteiger partial charge in [0.25, 0.3) is 29.4 Å². The second-order valence-corrected chi connectivity index (χ2v) is 13.7. The van der Waals surface area contributed by atoms with Gasteiger partial charge < -0.3 is 54.3 Å². The summed E-state index contributed by atoms with van der Waals surface area (Å²) < 4.78 is 66.2. The number of aromatic amines is 1. The summed E-state index contributed by atoms with van der Waals surface area (Å²) in [5.74, 6) is -0.512. The van der Waals surface area contributed by atoms with Gasteiger partial charge >= 0.3 is 0 Å². The average Bonchev–Trinajstić information content (AvgIpc) is 3.59. The molecule has 0 radical (unpaired) electrons. The highest BCUT2D eigenvalue weighted by atomic mass is 32.1. The van der Waals surface area contributed by atoms with Crippen LogP contribution in [-0.2, 0) is 52.9 Å². The first-order valence-corrected chi connectivity index (χ1v) is 16.5. The number of aromatic nitrogens is 6. The number of ether oxygens (including phenoxy) is 3. The molecule has 3 aromatic rings. The topological polar surface area (TPSA) is 315 Å². The van der Waals surface area contributed by atoms with Gasteiger partial charge in [-0.1, -0.05) is 12.2 Å². The normalized spacial score (nSPS) is 27.8. The molecule has 2 aliphatic heterocycles. The first-order valence-electron chi connectivity index (χ1n) is 11.6. The van der Waals surface area contributed by atoms with Gasteiger partial charge in [0.1, 0.15) is 35.3 Å². The standard InChI is InChI=1S/C17H23N8O14P3S/c1-6-3-8(24(2)23-6)20-13(26)16-36-10-7(4-34-41(30,31)39-42(32,33)38-40(27,28)29)35-15(11(10)37-16)25-5-19-9-12(25)21-17(18)22-14(9)43/h3,5,7,10-11,15-16H,4H2,1-2H3,(H,20,26)(H,30,31)(H,32,33)(H2,27,28,29)(H3,18,21,22,43)/p-3/t7?,10?,11?,15?,16-/m1/s1. The van der Waals surface area contributed by atoms with Crippen molar-refractivity contribution >= 4 is 64.5 Å². The summed E-state index contributed by atoms with van der Waals surface area (Å²) in [4.78, 5) is 66.8. The molecule has 0 saturated carbocycles. The number of fused-ring (bicyclic) bond motifs is 2. The van der Waals surface area contributed by atoms with Crippen molar-refractivity contribution in [3.63, 3.8) is 0 Å². The molecule has 3 aromatic heterocycles. The van der Waals surface area contributed by atoms with E-state index in [-0.39, 0.29) is 21.8 Å². The SMILES string of the molecule is Cc1cc(NC(=O)[C@@H]2OC3C(COP(=O)([O-])OP(=O)([O-])OP(=O)([O-])O)OC(n4cnc5c(=S)nc(N)[nH]c54)C3O2)n(C)n1. The van der Waals surface area contributed by atoms with Crippen molar-refractivity contribution in [3.8, 4) is 0 Å². The predicted octanol–water partition coefficient (Wildman–Crippen LogP) is -1.79. The van der Waals surface area contributed by atoms with E-state index in [1.54, 1.807) is 20.0 Å². The minimum Gasteiger partial charge on any atom is -0.756 e. The van der Waals surface area contributed by atoms with Crippen molar-refractivity contribution in [3.05, 3.63) is 22.7 Å². The number of rotatable bonds is 10. The average molecular weight is 685 g/mol. The Bertz CT molecular complexity index is 1770. The van der Waals surface area contributed by atoms with E-state index in [9.17, 15) is 33.2 Å². The monoisotopic (exact) mass is 685 g/mol. The molecule has 2 fully saturated rings. The number of amides is 1. The molecular weight excluding hydrogens is 665 g/mol. The predicted molar refractivity (Wildman–Crippen MR) is 134 cm³/mol. The van der Waals surface area contributed by atoms with E-state index in [1.165, 1.54) is 15.6 Å². The van der Waals surface area contributed by atoms with Crippen LogP contribution >= 0.6 is 35.7 Å². The Labute approximate surface area is 244 Å². The van der Waals surface area contributed by atoms with Crippen molar-refractivity contribution in [2.75, 3.05) is 17.7 Å². The minimum absolute atomic E-state index is 0.0472. The number of carbonyl (C=O) groups excluding carboxylic acids is 1. The number of hydrogen-bond acceptors (Lipinski definition) is 18. The summed E-state index contributed by atoms with van der Waals surface area (Å²) in [6, 6.07) is 1.58. The van der Waals surface area contributed by atoms with Crippen LogP contribution < -0.4 is 25.7 Å². The van der Waals surface area contributed by atoms with Crippen LogP contribution in [0.3, 0.4) is 0 Å². The van der Waals surface area contributed by atoms with Crippen LogP contribution in [0.5, 0.6) is 0 Å². The summed E-state index contributed by atoms with van der Waals surface area (Å²) in [6.45, 7) is 0.717. The number of anilines is 2. The first-order chi connectivity index (χ1) is 19.9. The van der Waals surface area contributed by atoms with E-state index in [4.69, 9.17) is 37.1 Å². The van der Waals surface area contributed by atoms with Crippen LogP contribution in [0, 0.1) is 11.6 Å². The van der Waals surface area contributed by atoms with Gasteiger partial charge in [-0.05, 0) is 6.92 Å². The van der Waals surface area contributed by atoms with E-state index in [1.807, 2.05) is 0 Å². The van der Waals surface area contributed by atoms with Crippen molar-refractivity contribution < 1.29 is 65.4 Å². The second kappa shape index (κ2) is 11.5. The number of imidazole rings is 1. The number of carbonyl (C=O) groups is 1. The molecule has 5 N–H and O–H groups in total. The molecule has 43 heavy (non-hydrogen) atoms. The number of nitrogen functional groups attached to an aromatic ring is 1. The van der Waals surface area contributed by atoms with Crippen LogP contribution in [-0.4, -0.2) is 71.3 Å². The fourth-order valence-electron chi connectivity index (χ4n) is 4.33. The Morgan fingerprint density at radius 1 is 1.21 bits per heavy atom. The summed E-state index contributed by atoms with van der Waals surface area (Å²) >= 11 is 5.18. The number of hydrogen-bond donors (Lipinski definition) is 4. The lowest BCUT2D eigenvalue weighted by Crippen LogP contribution is -2.34. The van der Waals surface area contributed by atoms with E-state index in [2.05, 4.69) is 38.5 Å². The fourth-order valence-corrected chi connectivity index (χ4v) is 7.47. The van der Waals surface area contributed by atoms with E-state index in [0.717, 1.165) is 0 Å². The molecule has 236 valence electrons. The number of aryl methyl sites for hydroxylation is 2. The van der Waals surface area contributed by atoms with Crippen molar-refractivity contribution in [1.29, 1.82) is 0 Å². The molecule has 26 heteroatoms. The van der Waals surface area contributed by atoms with Gasteiger partial charge in [-0.2, -0.15) is 5.10 Å². The lowest BCUT2D eigenvalue weighted by Gasteiger charge is -2.33. The molecule has 1 amide bonds. The molecule has 2 saturated heterocycles. The lowest BCUT2D eigenvalue weighted by atomic mass is 10.1. The molecule has 0 bridgehead atoms. The van der Waals surface area contributed by atoms with Crippen LogP contribution in [0.4, 0.5) is 11.8 Å². The Hall–Kier alpha value is -2.46. The summed E-state index contributed by atoms with van der Waals surface area (Å²) in [5, 5.41) is 6.71. The fraction of sp³-hybridized carbons (Fsp3) is 0.471. The largest absolute Gasteiger partial charge is 0.756 e. The van der Waals surface area contributed by atoms with Gasteiger partial charge in [-0.3, -0.25) is 27.7 Å². The molecule has 7 unspecified atom stereocenters. The van der Waals surface area contributed by atoms with Crippen molar-refractivity contribution in [2.24, 2.45) is 7.05 Å². The Kier molecular flexibility index (Phi) is 8.53. The van der Waals surface area contributed by atoms with E-state index < -0.39 is 66.8 Å². The third-order valence-electron chi connectivity index (χ3n) is 5.85. The van der Waals surface area contributed by atoms with E-state index in [0.29, 0.717) is 11.5 Å². The minimum atomic E-state index is -6.14. The zero-order valence-electron chi connectivity index (χ0n) is 21.6. The third kappa shape index (κ3) is 7.11. The summed E-state index contributed by atoms with van der Waals surface area (Å²) in [7, 11) is -16.3. The second-order valence-electron chi connectivity index (χ2n) is 8.98. The Morgan fingerprint density at radius 2 is 1.91 bits per heavy atom. The number of phosphoric acid groups is 3. The van der Waals surface area contributed by atoms with Gasteiger partial charge in [0.2, 0.25) is 6.29 Å². The number of nitrogens with one attached hydrogen (secondary N) is 2. The molecule has 5 rings (SSSR count). The molecule has 5 heterocycles. The smallest absolute Gasteiger partial charge is 0.282 e. The molecule has 0 aliphatic carbocycles. The maximum Gasteiger partial charge on any atom is 0.282 e. The van der Waals surface area contributed by atoms with Crippen LogP contribution in [0.15, 0.2) is 12.4 Å². The van der Waals surface area contributed by atoms with Crippen molar-refractivity contribution in [2.45, 2.75) is 37.8 Å². The Morgan fingerprint density at radius 3 is 2.56 bits per heavy atom. The summed E-state index contributed by atoms with van der Waals surface area (Å²) in [6.07, 6.45) is -5.19. The van der Waals surface area contributed by atoms with Gasteiger partial charge in [-0.25, -0.2) is 18.6 Å². The van der Waals surface area contributed by atoms with Crippen LogP contribution in [0.25, 0.3) is 11.2 Å². The maximum atomic E-state index is 13.0. The molecule has 0 spiro atoms. The molecule has 22 nitrogen and oxygen atoms in total. The van der Waals surface area contributed by atoms with Gasteiger partial charge in [0, 0.05) is 13.1 Å².